The maximum Gasteiger partial charge on any atom is 0.235 e. The molecule has 0 spiro atoms. The zero-order valence-electron chi connectivity index (χ0n) is 9.72. The van der Waals surface area contributed by atoms with Gasteiger partial charge in [-0.2, -0.15) is 0 Å². The van der Waals surface area contributed by atoms with Gasteiger partial charge in [0.15, 0.2) is 0 Å². The fraction of sp³-hybridized carbons (Fsp3) is 0.500. The summed E-state index contributed by atoms with van der Waals surface area (Å²) in [5.74, 6) is 0. The van der Waals surface area contributed by atoms with Crippen molar-refractivity contribution in [2.24, 2.45) is 0 Å². The van der Waals surface area contributed by atoms with E-state index in [9.17, 15) is 8.42 Å². The van der Waals surface area contributed by atoms with Crippen molar-refractivity contribution in [2.45, 2.75) is 37.4 Å². The average molecular weight is 254 g/mol. The summed E-state index contributed by atoms with van der Waals surface area (Å²) in [5.41, 5.74) is 6.74. The standard InChI is InChI=1S/C12H18N2O2S/c13-10-5-4-6-11(9-10)14-17(15,16)12-7-2-1-3-8-12/h4-6,9,12,14H,1-3,7-8,13H2. The van der Waals surface area contributed by atoms with E-state index in [4.69, 9.17) is 5.73 Å². The molecule has 0 radical (unpaired) electrons. The topological polar surface area (TPSA) is 72.2 Å². The van der Waals surface area contributed by atoms with Gasteiger partial charge in [-0.1, -0.05) is 25.3 Å². The van der Waals surface area contributed by atoms with Crippen LogP contribution in [0.2, 0.25) is 0 Å². The van der Waals surface area contributed by atoms with Crippen molar-refractivity contribution in [1.82, 2.24) is 0 Å². The second-order valence-electron chi connectivity index (χ2n) is 4.53. The maximum absolute atomic E-state index is 12.1. The van der Waals surface area contributed by atoms with E-state index >= 15 is 0 Å². The number of nitrogens with one attached hydrogen (secondary N) is 1. The normalized spacial score (nSPS) is 17.9. The molecule has 0 amide bonds. The van der Waals surface area contributed by atoms with Crippen molar-refractivity contribution in [1.29, 1.82) is 0 Å². The van der Waals surface area contributed by atoms with Crippen molar-refractivity contribution in [3.63, 3.8) is 0 Å². The number of benzene rings is 1. The molecule has 1 aromatic rings. The molecule has 17 heavy (non-hydrogen) atoms. The van der Waals surface area contributed by atoms with Crippen molar-refractivity contribution in [3.8, 4) is 0 Å². The lowest BCUT2D eigenvalue weighted by Gasteiger charge is -2.22. The Bertz CT molecular complexity index is 479. The van der Waals surface area contributed by atoms with Crippen LogP contribution in [-0.2, 0) is 10.0 Å². The molecule has 0 bridgehead atoms. The van der Waals surface area contributed by atoms with Crippen LogP contribution in [-0.4, -0.2) is 13.7 Å². The van der Waals surface area contributed by atoms with E-state index in [2.05, 4.69) is 4.72 Å². The zero-order valence-corrected chi connectivity index (χ0v) is 10.5. The van der Waals surface area contributed by atoms with Crippen molar-refractivity contribution in [2.75, 3.05) is 10.5 Å². The van der Waals surface area contributed by atoms with Gasteiger partial charge in [0.25, 0.3) is 0 Å². The van der Waals surface area contributed by atoms with E-state index < -0.39 is 10.0 Å². The molecule has 0 aliphatic heterocycles. The first-order valence-electron chi connectivity index (χ1n) is 5.95. The van der Waals surface area contributed by atoms with Gasteiger partial charge in [0, 0.05) is 5.69 Å². The molecule has 0 saturated heterocycles. The largest absolute Gasteiger partial charge is 0.399 e. The highest BCUT2D eigenvalue weighted by atomic mass is 32.2. The highest BCUT2D eigenvalue weighted by molar-refractivity contribution is 7.93. The van der Waals surface area contributed by atoms with E-state index in [0.717, 1.165) is 32.1 Å². The molecular formula is C12H18N2O2S. The number of hydrogen-bond donors (Lipinski definition) is 2. The summed E-state index contributed by atoms with van der Waals surface area (Å²) in [6.45, 7) is 0. The molecular weight excluding hydrogens is 236 g/mol. The fourth-order valence-corrected chi connectivity index (χ4v) is 3.80. The van der Waals surface area contributed by atoms with Gasteiger partial charge in [-0.3, -0.25) is 4.72 Å². The Balaban J connectivity index is 2.11. The van der Waals surface area contributed by atoms with Gasteiger partial charge in [0.05, 0.1) is 10.9 Å². The Kier molecular flexibility index (Phi) is 3.57. The van der Waals surface area contributed by atoms with Crippen LogP contribution in [0.3, 0.4) is 0 Å². The van der Waals surface area contributed by atoms with Crippen LogP contribution in [0, 0.1) is 0 Å². The van der Waals surface area contributed by atoms with Gasteiger partial charge in [0.1, 0.15) is 0 Å². The van der Waals surface area contributed by atoms with Gasteiger partial charge in [-0.25, -0.2) is 8.42 Å². The van der Waals surface area contributed by atoms with E-state index in [-0.39, 0.29) is 5.25 Å². The minimum atomic E-state index is -3.26. The second kappa shape index (κ2) is 4.96. The predicted molar refractivity (Wildman–Crippen MR) is 70.3 cm³/mol. The summed E-state index contributed by atoms with van der Waals surface area (Å²) in [4.78, 5) is 0. The van der Waals surface area contributed by atoms with Crippen molar-refractivity contribution in [3.05, 3.63) is 24.3 Å². The minimum Gasteiger partial charge on any atom is -0.399 e. The summed E-state index contributed by atoms with van der Waals surface area (Å²) in [6.07, 6.45) is 4.67. The average Bonchev–Trinajstić information content (AvgIpc) is 2.29. The van der Waals surface area contributed by atoms with Crippen LogP contribution in [0.25, 0.3) is 0 Å². The lowest BCUT2D eigenvalue weighted by atomic mass is 10.0. The first kappa shape index (κ1) is 12.2. The molecule has 3 N–H and O–H groups in total. The zero-order chi connectivity index (χ0) is 12.3. The second-order valence-corrected chi connectivity index (χ2v) is 6.49. The van der Waals surface area contributed by atoms with Crippen LogP contribution in [0.15, 0.2) is 24.3 Å². The van der Waals surface area contributed by atoms with Crippen LogP contribution in [0.1, 0.15) is 32.1 Å². The molecule has 0 unspecified atom stereocenters. The monoisotopic (exact) mass is 254 g/mol. The number of nitrogen functional groups attached to an aromatic ring is 1. The van der Waals surface area contributed by atoms with Crippen LogP contribution in [0.4, 0.5) is 11.4 Å². The summed E-state index contributed by atoms with van der Waals surface area (Å²) >= 11 is 0. The lowest BCUT2D eigenvalue weighted by Crippen LogP contribution is -2.29. The number of hydrogen-bond acceptors (Lipinski definition) is 3. The third-order valence-corrected chi connectivity index (χ3v) is 5.01. The van der Waals surface area contributed by atoms with Gasteiger partial charge in [0.2, 0.25) is 10.0 Å². The molecule has 1 aliphatic rings. The third kappa shape index (κ3) is 3.12. The molecule has 1 aromatic carbocycles. The van der Waals surface area contributed by atoms with E-state index in [1.54, 1.807) is 24.3 Å². The third-order valence-electron chi connectivity index (χ3n) is 3.14. The molecule has 1 saturated carbocycles. The fourth-order valence-electron chi connectivity index (χ4n) is 2.23. The predicted octanol–water partition coefficient (Wildman–Crippen LogP) is 2.34. The van der Waals surface area contributed by atoms with Crippen LogP contribution in [0.5, 0.6) is 0 Å². The van der Waals surface area contributed by atoms with Crippen molar-refractivity contribution >= 4 is 21.4 Å². The highest BCUT2D eigenvalue weighted by Gasteiger charge is 2.26. The molecule has 2 rings (SSSR count). The SMILES string of the molecule is Nc1cccc(NS(=O)(=O)C2CCCCC2)c1. The van der Waals surface area contributed by atoms with Crippen LogP contribution >= 0.6 is 0 Å². The quantitative estimate of drug-likeness (QED) is 0.813. The number of anilines is 2. The molecule has 0 aromatic heterocycles. The lowest BCUT2D eigenvalue weighted by molar-refractivity contribution is 0.486. The van der Waals surface area contributed by atoms with Gasteiger partial charge in [-0.05, 0) is 31.0 Å². The van der Waals surface area contributed by atoms with Gasteiger partial charge >= 0.3 is 0 Å². The molecule has 0 heterocycles. The molecule has 1 aliphatic carbocycles. The number of rotatable bonds is 3. The summed E-state index contributed by atoms with van der Waals surface area (Å²) < 4.78 is 26.8. The van der Waals surface area contributed by atoms with Crippen LogP contribution < -0.4 is 10.5 Å². The smallest absolute Gasteiger partial charge is 0.235 e. The van der Waals surface area contributed by atoms with E-state index in [1.165, 1.54) is 0 Å². The first-order chi connectivity index (χ1) is 8.08. The Morgan fingerprint density at radius 1 is 1.18 bits per heavy atom. The van der Waals surface area contributed by atoms with Crippen molar-refractivity contribution < 1.29 is 8.42 Å². The molecule has 0 atom stereocenters. The molecule has 5 heteroatoms. The summed E-state index contributed by atoms with van der Waals surface area (Å²) in [6, 6.07) is 6.84. The number of sulfonamides is 1. The summed E-state index contributed by atoms with van der Waals surface area (Å²) in [5, 5.41) is -0.252. The molecule has 4 nitrogen and oxygen atoms in total. The number of nitrogens with two attached hydrogens (primary N) is 1. The van der Waals surface area contributed by atoms with Gasteiger partial charge in [-0.15, -0.1) is 0 Å². The van der Waals surface area contributed by atoms with E-state index in [0.29, 0.717) is 11.4 Å². The van der Waals surface area contributed by atoms with Gasteiger partial charge < -0.3 is 5.73 Å². The molecule has 94 valence electrons. The highest BCUT2D eigenvalue weighted by Crippen LogP contribution is 2.25. The maximum atomic E-state index is 12.1. The van der Waals surface area contributed by atoms with E-state index in [1.807, 2.05) is 0 Å². The Morgan fingerprint density at radius 3 is 2.53 bits per heavy atom. The molecule has 1 fully saturated rings. The Hall–Kier alpha value is -1.23. The minimum absolute atomic E-state index is 0.252. The summed E-state index contributed by atoms with van der Waals surface area (Å²) in [7, 11) is -3.26. The first-order valence-corrected chi connectivity index (χ1v) is 7.50. The Labute approximate surface area is 102 Å². The Morgan fingerprint density at radius 2 is 1.88 bits per heavy atom.